The fraction of sp³-hybridized carbons (Fsp3) is 0.455. The third kappa shape index (κ3) is 6.67. The van der Waals surface area contributed by atoms with Crippen LogP contribution in [0.3, 0.4) is 0 Å². The second-order valence-corrected chi connectivity index (χ2v) is 4.79. The maximum Gasteiger partial charge on any atom is 0.294 e. The highest BCUT2D eigenvalue weighted by atomic mass is 32.2. The molecule has 0 heterocycles. The maximum absolute atomic E-state index is 10.5. The lowest BCUT2D eigenvalue weighted by Gasteiger charge is -2.07. The molecule has 104 valence electrons. The van der Waals surface area contributed by atoms with Crippen molar-refractivity contribution in [1.29, 1.82) is 0 Å². The predicted molar refractivity (Wildman–Crippen MR) is 65.9 cm³/mol. The first-order chi connectivity index (χ1) is 8.35. The maximum atomic E-state index is 10.5. The van der Waals surface area contributed by atoms with E-state index >= 15 is 0 Å². The van der Waals surface area contributed by atoms with E-state index in [2.05, 4.69) is 9.47 Å². The lowest BCUT2D eigenvalue weighted by Crippen LogP contribution is -2.16. The Balaban J connectivity index is 0.000000360. The van der Waals surface area contributed by atoms with Gasteiger partial charge in [-0.15, -0.1) is 0 Å². The molecule has 0 saturated heterocycles. The molecule has 0 radical (unpaired) electrons. The third-order valence-electron chi connectivity index (χ3n) is 1.99. The van der Waals surface area contributed by atoms with Crippen molar-refractivity contribution in [3.8, 4) is 0 Å². The van der Waals surface area contributed by atoms with Gasteiger partial charge in [0.25, 0.3) is 10.1 Å². The second kappa shape index (κ2) is 8.17. The number of aliphatic hydroxyl groups excluding tert-OH is 1. The van der Waals surface area contributed by atoms with Crippen LogP contribution in [0.25, 0.3) is 0 Å². The van der Waals surface area contributed by atoms with Crippen LogP contribution in [0.2, 0.25) is 0 Å². The van der Waals surface area contributed by atoms with Gasteiger partial charge in [0.05, 0.1) is 11.5 Å². The van der Waals surface area contributed by atoms with E-state index < -0.39 is 16.4 Å². The number of ether oxygens (including phenoxy) is 2. The SMILES string of the molecule is COC(CO)OC.Cc1ccc(S(=O)(=O)O)cc1. The molecule has 0 spiro atoms. The van der Waals surface area contributed by atoms with E-state index in [1.165, 1.54) is 26.4 Å². The summed E-state index contributed by atoms with van der Waals surface area (Å²) < 4.78 is 38.7. The van der Waals surface area contributed by atoms with Crippen molar-refractivity contribution in [1.82, 2.24) is 0 Å². The molecule has 1 aromatic rings. The minimum Gasteiger partial charge on any atom is -0.391 e. The Labute approximate surface area is 107 Å². The smallest absolute Gasteiger partial charge is 0.294 e. The Hall–Kier alpha value is -0.990. The summed E-state index contributed by atoms with van der Waals surface area (Å²) in [6, 6.07) is 5.99. The molecule has 0 aliphatic heterocycles. The molecule has 2 N–H and O–H groups in total. The number of benzene rings is 1. The van der Waals surface area contributed by atoms with Crippen molar-refractivity contribution < 1.29 is 27.6 Å². The summed E-state index contributed by atoms with van der Waals surface area (Å²) in [6.45, 7) is 1.75. The van der Waals surface area contributed by atoms with Crippen LogP contribution in [0.15, 0.2) is 29.2 Å². The molecular weight excluding hydrogens is 260 g/mol. The van der Waals surface area contributed by atoms with E-state index in [1.54, 1.807) is 12.1 Å². The molecule has 0 aliphatic rings. The topological polar surface area (TPSA) is 93.1 Å². The molecule has 0 atom stereocenters. The Morgan fingerprint density at radius 1 is 1.17 bits per heavy atom. The standard InChI is InChI=1S/C7H8O3S.C4H10O3/c1-6-2-4-7(5-3-6)11(8,9)10;1-6-4(3-5)7-2/h2-5H,1H3,(H,8,9,10);4-5H,3H2,1-2H3. The van der Waals surface area contributed by atoms with E-state index in [0.29, 0.717) is 0 Å². The zero-order valence-corrected chi connectivity index (χ0v) is 11.3. The molecule has 0 amide bonds. The molecule has 0 fully saturated rings. The molecule has 0 unspecified atom stereocenters. The summed E-state index contributed by atoms with van der Waals surface area (Å²) in [7, 11) is -1.07. The fourth-order valence-electron chi connectivity index (χ4n) is 0.956. The molecule has 0 saturated carbocycles. The molecule has 6 nitrogen and oxygen atoms in total. The van der Waals surface area contributed by atoms with E-state index in [-0.39, 0.29) is 11.5 Å². The lowest BCUT2D eigenvalue weighted by atomic mass is 10.2. The summed E-state index contributed by atoms with van der Waals surface area (Å²) in [4.78, 5) is -0.0666. The van der Waals surface area contributed by atoms with Gasteiger partial charge < -0.3 is 14.6 Å². The van der Waals surface area contributed by atoms with Crippen LogP contribution < -0.4 is 0 Å². The first-order valence-corrected chi connectivity index (χ1v) is 6.49. The number of hydrogen-bond donors (Lipinski definition) is 2. The number of aliphatic hydroxyl groups is 1. The van der Waals surface area contributed by atoms with Gasteiger partial charge in [-0.2, -0.15) is 8.42 Å². The Bertz CT molecular complexity index is 416. The van der Waals surface area contributed by atoms with Crippen molar-refractivity contribution in [3.63, 3.8) is 0 Å². The van der Waals surface area contributed by atoms with E-state index in [0.717, 1.165) is 5.56 Å². The largest absolute Gasteiger partial charge is 0.391 e. The second-order valence-electron chi connectivity index (χ2n) is 3.37. The van der Waals surface area contributed by atoms with Crippen molar-refractivity contribution in [3.05, 3.63) is 29.8 Å². The first kappa shape index (κ1) is 17.0. The summed E-state index contributed by atoms with van der Waals surface area (Å²) in [5.41, 5.74) is 0.956. The number of methoxy groups -OCH3 is 2. The van der Waals surface area contributed by atoms with Gasteiger partial charge in [-0.05, 0) is 19.1 Å². The highest BCUT2D eigenvalue weighted by molar-refractivity contribution is 7.85. The summed E-state index contributed by atoms with van der Waals surface area (Å²) in [6.07, 6.45) is -0.458. The summed E-state index contributed by atoms with van der Waals surface area (Å²) >= 11 is 0. The van der Waals surface area contributed by atoms with Crippen molar-refractivity contribution in [2.75, 3.05) is 20.8 Å². The molecule has 1 rings (SSSR count). The normalized spacial score (nSPS) is 11.0. The van der Waals surface area contributed by atoms with Gasteiger partial charge in [-0.25, -0.2) is 0 Å². The van der Waals surface area contributed by atoms with Gasteiger partial charge in [0.1, 0.15) is 0 Å². The lowest BCUT2D eigenvalue weighted by molar-refractivity contribution is -0.127. The van der Waals surface area contributed by atoms with E-state index in [1.807, 2.05) is 6.92 Å². The van der Waals surface area contributed by atoms with Crippen LogP contribution in [0.4, 0.5) is 0 Å². The molecule has 1 aromatic carbocycles. The number of rotatable bonds is 4. The van der Waals surface area contributed by atoms with Crippen LogP contribution in [0, 0.1) is 6.92 Å². The van der Waals surface area contributed by atoms with Gasteiger partial charge in [-0.1, -0.05) is 17.7 Å². The van der Waals surface area contributed by atoms with Crippen LogP contribution in [-0.2, 0) is 19.6 Å². The molecular formula is C11H18O6S. The fourth-order valence-corrected chi connectivity index (χ4v) is 1.44. The minimum absolute atomic E-state index is 0.0666. The van der Waals surface area contributed by atoms with E-state index in [4.69, 9.17) is 9.66 Å². The van der Waals surface area contributed by atoms with E-state index in [9.17, 15) is 8.42 Å². The predicted octanol–water partition coefficient (Wildman–Crippen LogP) is 0.839. The highest BCUT2D eigenvalue weighted by Gasteiger charge is 2.06. The molecule has 0 bridgehead atoms. The van der Waals surface area contributed by atoms with Crippen molar-refractivity contribution >= 4 is 10.1 Å². The van der Waals surface area contributed by atoms with Crippen LogP contribution >= 0.6 is 0 Å². The Kier molecular flexibility index (Phi) is 7.72. The molecule has 0 aromatic heterocycles. The molecule has 0 aliphatic carbocycles. The third-order valence-corrected chi connectivity index (χ3v) is 2.86. The average Bonchev–Trinajstić information content (AvgIpc) is 2.31. The molecule has 18 heavy (non-hydrogen) atoms. The molecule has 7 heteroatoms. The quantitative estimate of drug-likeness (QED) is 0.626. The van der Waals surface area contributed by atoms with Gasteiger partial charge >= 0.3 is 0 Å². The summed E-state index contributed by atoms with van der Waals surface area (Å²) in [5.74, 6) is 0. The van der Waals surface area contributed by atoms with Crippen LogP contribution in [-0.4, -0.2) is 45.2 Å². The van der Waals surface area contributed by atoms with Gasteiger partial charge in [0, 0.05) is 14.2 Å². The van der Waals surface area contributed by atoms with Crippen molar-refractivity contribution in [2.45, 2.75) is 18.1 Å². The van der Waals surface area contributed by atoms with Gasteiger partial charge in [-0.3, -0.25) is 4.55 Å². The first-order valence-electron chi connectivity index (χ1n) is 5.05. The zero-order valence-electron chi connectivity index (χ0n) is 10.5. The highest BCUT2D eigenvalue weighted by Crippen LogP contribution is 2.08. The number of aryl methyl sites for hydroxylation is 1. The Morgan fingerprint density at radius 2 is 1.61 bits per heavy atom. The van der Waals surface area contributed by atoms with Crippen LogP contribution in [0.5, 0.6) is 0 Å². The minimum atomic E-state index is -4.02. The van der Waals surface area contributed by atoms with Gasteiger partial charge in [0.15, 0.2) is 6.29 Å². The van der Waals surface area contributed by atoms with Crippen molar-refractivity contribution in [2.24, 2.45) is 0 Å². The summed E-state index contributed by atoms with van der Waals surface area (Å²) in [5, 5.41) is 8.28. The monoisotopic (exact) mass is 278 g/mol. The zero-order chi connectivity index (χ0) is 14.2. The number of hydrogen-bond acceptors (Lipinski definition) is 5. The van der Waals surface area contributed by atoms with Crippen LogP contribution in [0.1, 0.15) is 5.56 Å². The Morgan fingerprint density at radius 3 is 1.83 bits per heavy atom. The van der Waals surface area contributed by atoms with Gasteiger partial charge in [0.2, 0.25) is 0 Å². The average molecular weight is 278 g/mol.